The van der Waals surface area contributed by atoms with Crippen molar-refractivity contribution in [2.45, 2.75) is 58.5 Å². The molecule has 0 saturated carbocycles. The third-order valence-corrected chi connectivity index (χ3v) is 3.78. The average Bonchev–Trinajstić information content (AvgIpc) is 2.43. The Bertz CT molecular complexity index is 535. The highest BCUT2D eigenvalue weighted by Gasteiger charge is 2.17. The molecule has 0 spiro atoms. The minimum atomic E-state index is -0.0417. The lowest BCUT2D eigenvalue weighted by atomic mass is 9.88. The highest BCUT2D eigenvalue weighted by molar-refractivity contribution is 14.0. The maximum absolute atomic E-state index is 10.2. The first-order chi connectivity index (χ1) is 9.90. The van der Waals surface area contributed by atoms with Gasteiger partial charge in [-0.1, -0.05) is 6.07 Å². The fourth-order valence-electron chi connectivity index (χ4n) is 2.80. The van der Waals surface area contributed by atoms with Crippen molar-refractivity contribution in [2.75, 3.05) is 7.05 Å². The molecule has 0 radical (unpaired) electrons. The van der Waals surface area contributed by atoms with E-state index in [1.807, 2.05) is 6.07 Å². The normalized spacial score (nSPS) is 14.8. The number of aliphatic imine (C=N–C) groups is 1. The largest absolute Gasteiger partial charge is 0.508 e. The number of phenols is 1. The van der Waals surface area contributed by atoms with Crippen molar-refractivity contribution < 1.29 is 5.11 Å². The van der Waals surface area contributed by atoms with E-state index in [0.29, 0.717) is 12.3 Å². The van der Waals surface area contributed by atoms with Gasteiger partial charge in [0.25, 0.3) is 0 Å². The van der Waals surface area contributed by atoms with Crippen LogP contribution in [-0.2, 0) is 19.4 Å². The molecule has 22 heavy (non-hydrogen) atoms. The fraction of sp³-hybridized carbons (Fsp3) is 0.588. The molecule has 0 aromatic heterocycles. The highest BCUT2D eigenvalue weighted by atomic mass is 127. The number of phenolic OH excluding ortho intramolecular Hbond substituents is 1. The first-order valence-electron chi connectivity index (χ1n) is 7.72. The highest BCUT2D eigenvalue weighted by Crippen LogP contribution is 2.30. The Balaban J connectivity index is 0.00000242. The number of nitrogens with zero attached hydrogens (tertiary/aromatic N) is 1. The molecule has 2 rings (SSSR count). The molecular formula is C17H28IN3O. The lowest BCUT2D eigenvalue weighted by Gasteiger charge is -2.25. The molecule has 5 heteroatoms. The summed E-state index contributed by atoms with van der Waals surface area (Å²) in [5.41, 5.74) is 3.68. The summed E-state index contributed by atoms with van der Waals surface area (Å²) in [4.78, 5) is 4.24. The molecule has 3 N–H and O–H groups in total. The van der Waals surface area contributed by atoms with Gasteiger partial charge in [-0.25, -0.2) is 0 Å². The Hall–Kier alpha value is -0.980. The zero-order chi connectivity index (χ0) is 15.5. The third kappa shape index (κ3) is 5.04. The summed E-state index contributed by atoms with van der Waals surface area (Å²) in [6.45, 7) is 6.90. The van der Waals surface area contributed by atoms with Gasteiger partial charge in [-0.15, -0.1) is 24.0 Å². The number of rotatable bonds is 2. The van der Waals surface area contributed by atoms with E-state index in [9.17, 15) is 5.11 Å². The van der Waals surface area contributed by atoms with E-state index >= 15 is 0 Å². The van der Waals surface area contributed by atoms with Crippen molar-refractivity contribution >= 4 is 29.9 Å². The molecule has 0 atom stereocenters. The number of hydrogen-bond acceptors (Lipinski definition) is 2. The van der Waals surface area contributed by atoms with Crippen molar-refractivity contribution in [1.82, 2.24) is 10.6 Å². The smallest absolute Gasteiger partial charge is 0.191 e. The van der Waals surface area contributed by atoms with Crippen molar-refractivity contribution in [2.24, 2.45) is 4.99 Å². The van der Waals surface area contributed by atoms with E-state index in [0.717, 1.165) is 24.4 Å². The summed E-state index contributed by atoms with van der Waals surface area (Å²) in [6, 6.07) is 3.89. The Morgan fingerprint density at radius 1 is 1.23 bits per heavy atom. The topological polar surface area (TPSA) is 56.7 Å². The summed E-state index contributed by atoms with van der Waals surface area (Å²) in [6.07, 6.45) is 4.64. The molecule has 0 fully saturated rings. The second-order valence-electron chi connectivity index (χ2n) is 6.71. The van der Waals surface area contributed by atoms with Gasteiger partial charge >= 0.3 is 0 Å². The van der Waals surface area contributed by atoms with Crippen LogP contribution < -0.4 is 10.6 Å². The Kier molecular flexibility index (Phi) is 6.97. The van der Waals surface area contributed by atoms with Crippen LogP contribution in [0.1, 0.15) is 50.3 Å². The van der Waals surface area contributed by atoms with Crippen molar-refractivity contribution in [3.05, 3.63) is 28.8 Å². The van der Waals surface area contributed by atoms with Crippen LogP contribution in [0.15, 0.2) is 17.1 Å². The molecule has 1 aromatic rings. The van der Waals surface area contributed by atoms with Crippen LogP contribution in [0.3, 0.4) is 0 Å². The third-order valence-electron chi connectivity index (χ3n) is 3.78. The van der Waals surface area contributed by atoms with Crippen molar-refractivity contribution in [3.8, 4) is 5.75 Å². The lowest BCUT2D eigenvalue weighted by Crippen LogP contribution is -2.47. The summed E-state index contributed by atoms with van der Waals surface area (Å²) < 4.78 is 0. The van der Waals surface area contributed by atoms with Gasteiger partial charge in [0, 0.05) is 24.7 Å². The van der Waals surface area contributed by atoms with Gasteiger partial charge in [0.2, 0.25) is 0 Å². The van der Waals surface area contributed by atoms with Gasteiger partial charge in [-0.2, -0.15) is 0 Å². The summed E-state index contributed by atoms with van der Waals surface area (Å²) in [5.74, 6) is 1.14. The van der Waals surface area contributed by atoms with Crippen molar-refractivity contribution in [3.63, 3.8) is 0 Å². The molecule has 0 bridgehead atoms. The van der Waals surface area contributed by atoms with Gasteiger partial charge < -0.3 is 15.7 Å². The molecule has 0 aliphatic heterocycles. The maximum atomic E-state index is 10.2. The standard InChI is InChI=1S/C17H27N3O.HI/c1-17(2,3)20-16(18-4)19-11-14-13-8-6-5-7-12(13)9-10-15(14)21;/h9-10,21H,5-8,11H2,1-4H3,(H2,18,19,20);1H. The molecule has 0 heterocycles. The molecule has 0 saturated heterocycles. The van der Waals surface area contributed by atoms with Gasteiger partial charge in [-0.3, -0.25) is 4.99 Å². The average molecular weight is 417 g/mol. The molecule has 1 aliphatic rings. The number of aryl methyl sites for hydroxylation is 1. The van der Waals surface area contributed by atoms with E-state index in [-0.39, 0.29) is 29.5 Å². The number of fused-ring (bicyclic) bond motifs is 1. The Labute approximate surface area is 150 Å². The minimum Gasteiger partial charge on any atom is -0.508 e. The number of hydrogen-bond donors (Lipinski definition) is 3. The van der Waals surface area contributed by atoms with Crippen molar-refractivity contribution in [1.29, 1.82) is 0 Å². The molecule has 0 amide bonds. The van der Waals surface area contributed by atoms with Crippen LogP contribution in [0, 0.1) is 0 Å². The van der Waals surface area contributed by atoms with Crippen LogP contribution in [0.4, 0.5) is 0 Å². The fourth-order valence-corrected chi connectivity index (χ4v) is 2.80. The van der Waals surface area contributed by atoms with E-state index < -0.39 is 0 Å². The zero-order valence-electron chi connectivity index (χ0n) is 14.0. The summed E-state index contributed by atoms with van der Waals surface area (Å²) in [7, 11) is 1.77. The van der Waals surface area contributed by atoms with Crippen LogP contribution in [-0.4, -0.2) is 23.7 Å². The Morgan fingerprint density at radius 2 is 1.91 bits per heavy atom. The predicted molar refractivity (Wildman–Crippen MR) is 103 cm³/mol. The number of nitrogens with one attached hydrogen (secondary N) is 2. The molecule has 1 aliphatic carbocycles. The predicted octanol–water partition coefficient (Wildman–Crippen LogP) is 3.35. The Morgan fingerprint density at radius 3 is 2.55 bits per heavy atom. The summed E-state index contributed by atoms with van der Waals surface area (Å²) >= 11 is 0. The van der Waals surface area contributed by atoms with Crippen LogP contribution in [0.25, 0.3) is 0 Å². The van der Waals surface area contributed by atoms with Gasteiger partial charge in [0.1, 0.15) is 5.75 Å². The van der Waals surface area contributed by atoms with E-state index in [4.69, 9.17) is 0 Å². The van der Waals surface area contributed by atoms with Crippen LogP contribution in [0.2, 0.25) is 0 Å². The maximum Gasteiger partial charge on any atom is 0.191 e. The monoisotopic (exact) mass is 417 g/mol. The van der Waals surface area contributed by atoms with Crippen LogP contribution in [0.5, 0.6) is 5.75 Å². The minimum absolute atomic E-state index is 0. The van der Waals surface area contributed by atoms with Gasteiger partial charge in [-0.05, 0) is 63.6 Å². The number of benzene rings is 1. The molecular weight excluding hydrogens is 389 g/mol. The second-order valence-corrected chi connectivity index (χ2v) is 6.71. The molecule has 124 valence electrons. The number of halogens is 1. The van der Waals surface area contributed by atoms with E-state index in [1.54, 1.807) is 7.05 Å². The number of aromatic hydroxyl groups is 1. The molecule has 4 nitrogen and oxygen atoms in total. The van der Waals surface area contributed by atoms with Gasteiger partial charge in [0.05, 0.1) is 0 Å². The first-order valence-corrected chi connectivity index (χ1v) is 7.72. The molecule has 1 aromatic carbocycles. The zero-order valence-corrected chi connectivity index (χ0v) is 16.3. The molecule has 0 unspecified atom stereocenters. The lowest BCUT2D eigenvalue weighted by molar-refractivity contribution is 0.462. The number of guanidine groups is 1. The van der Waals surface area contributed by atoms with Crippen LogP contribution >= 0.6 is 24.0 Å². The van der Waals surface area contributed by atoms with E-state index in [2.05, 4.69) is 42.5 Å². The summed E-state index contributed by atoms with van der Waals surface area (Å²) in [5, 5.41) is 16.8. The van der Waals surface area contributed by atoms with Gasteiger partial charge in [0.15, 0.2) is 5.96 Å². The van der Waals surface area contributed by atoms with E-state index in [1.165, 1.54) is 24.0 Å². The SMILES string of the molecule is CN=C(NCc1c(O)ccc2c1CCCC2)NC(C)(C)C.I. The first kappa shape index (κ1) is 19.1. The quantitative estimate of drug-likeness (QED) is 0.393. The second kappa shape index (κ2) is 8.04.